The lowest BCUT2D eigenvalue weighted by molar-refractivity contribution is 0.412. The average Bonchev–Trinajstić information content (AvgIpc) is 2.38. The maximum absolute atomic E-state index is 5.59. The quantitative estimate of drug-likeness (QED) is 0.485. The number of nitrogen functional groups attached to an aromatic ring is 2. The van der Waals surface area contributed by atoms with Gasteiger partial charge in [0.2, 0.25) is 5.95 Å². The number of hydrazine groups is 1. The SMILES string of the molecule is COc1ccc(Nc2cc(NN)nc(N)n2)cc1C. The van der Waals surface area contributed by atoms with Crippen molar-refractivity contribution in [2.75, 3.05) is 23.6 Å². The van der Waals surface area contributed by atoms with E-state index in [1.165, 1.54) is 0 Å². The second-order valence-electron chi connectivity index (χ2n) is 3.95. The minimum absolute atomic E-state index is 0.142. The first-order chi connectivity index (χ1) is 9.12. The van der Waals surface area contributed by atoms with Crippen LogP contribution < -0.4 is 27.1 Å². The molecule has 2 aromatic rings. The van der Waals surface area contributed by atoms with E-state index in [2.05, 4.69) is 20.7 Å². The molecule has 0 saturated heterocycles. The number of rotatable bonds is 4. The predicted molar refractivity (Wildman–Crippen MR) is 75.3 cm³/mol. The van der Waals surface area contributed by atoms with Crippen molar-refractivity contribution in [3.8, 4) is 5.75 Å². The Kier molecular flexibility index (Phi) is 3.67. The van der Waals surface area contributed by atoms with E-state index in [1.807, 2.05) is 25.1 Å². The first-order valence-corrected chi connectivity index (χ1v) is 5.65. The number of benzene rings is 1. The topological polar surface area (TPSA) is 111 Å². The highest BCUT2D eigenvalue weighted by atomic mass is 16.5. The molecule has 0 aliphatic rings. The van der Waals surface area contributed by atoms with Gasteiger partial charge in [-0.1, -0.05) is 0 Å². The van der Waals surface area contributed by atoms with Crippen LogP contribution in [0.4, 0.5) is 23.3 Å². The molecule has 1 heterocycles. The van der Waals surface area contributed by atoms with Gasteiger partial charge in [-0.25, -0.2) is 5.84 Å². The molecule has 0 radical (unpaired) electrons. The molecular formula is C12H16N6O. The molecule has 19 heavy (non-hydrogen) atoms. The van der Waals surface area contributed by atoms with Gasteiger partial charge >= 0.3 is 0 Å². The zero-order valence-corrected chi connectivity index (χ0v) is 10.8. The Morgan fingerprint density at radius 1 is 1.16 bits per heavy atom. The minimum atomic E-state index is 0.142. The van der Waals surface area contributed by atoms with Gasteiger partial charge in [0.25, 0.3) is 0 Å². The monoisotopic (exact) mass is 260 g/mol. The molecule has 0 atom stereocenters. The van der Waals surface area contributed by atoms with Crippen molar-refractivity contribution in [3.63, 3.8) is 0 Å². The highest BCUT2D eigenvalue weighted by Crippen LogP contribution is 2.24. The lowest BCUT2D eigenvalue weighted by Gasteiger charge is -2.10. The second kappa shape index (κ2) is 5.40. The van der Waals surface area contributed by atoms with Gasteiger partial charge in [0.1, 0.15) is 17.4 Å². The number of aromatic nitrogens is 2. The first kappa shape index (κ1) is 12.9. The normalized spacial score (nSPS) is 10.1. The molecule has 0 bridgehead atoms. The van der Waals surface area contributed by atoms with Gasteiger partial charge in [0, 0.05) is 11.8 Å². The molecule has 1 aromatic heterocycles. The Hall–Kier alpha value is -2.54. The summed E-state index contributed by atoms with van der Waals surface area (Å²) in [6.07, 6.45) is 0. The largest absolute Gasteiger partial charge is 0.496 e. The molecule has 6 N–H and O–H groups in total. The van der Waals surface area contributed by atoms with E-state index >= 15 is 0 Å². The average molecular weight is 260 g/mol. The van der Waals surface area contributed by atoms with E-state index < -0.39 is 0 Å². The van der Waals surface area contributed by atoms with E-state index in [0.29, 0.717) is 11.6 Å². The molecule has 0 aliphatic carbocycles. The summed E-state index contributed by atoms with van der Waals surface area (Å²) in [5.74, 6) is 7.28. The number of hydrogen-bond donors (Lipinski definition) is 4. The van der Waals surface area contributed by atoms with Crippen LogP contribution in [0, 0.1) is 6.92 Å². The number of hydrogen-bond acceptors (Lipinski definition) is 7. The van der Waals surface area contributed by atoms with Crippen molar-refractivity contribution in [1.29, 1.82) is 0 Å². The molecule has 0 fully saturated rings. The van der Waals surface area contributed by atoms with E-state index in [0.717, 1.165) is 17.0 Å². The lowest BCUT2D eigenvalue weighted by atomic mass is 10.2. The summed E-state index contributed by atoms with van der Waals surface area (Å²) in [6, 6.07) is 7.38. The van der Waals surface area contributed by atoms with Crippen LogP contribution in [-0.2, 0) is 0 Å². The van der Waals surface area contributed by atoms with E-state index in [9.17, 15) is 0 Å². The number of aryl methyl sites for hydroxylation is 1. The van der Waals surface area contributed by atoms with Crippen LogP contribution in [-0.4, -0.2) is 17.1 Å². The van der Waals surface area contributed by atoms with Crippen LogP contribution in [0.25, 0.3) is 0 Å². The summed E-state index contributed by atoms with van der Waals surface area (Å²) >= 11 is 0. The van der Waals surface area contributed by atoms with Crippen molar-refractivity contribution in [1.82, 2.24) is 9.97 Å². The highest BCUT2D eigenvalue weighted by molar-refractivity contribution is 5.62. The summed E-state index contributed by atoms with van der Waals surface area (Å²) in [4.78, 5) is 7.99. The Bertz CT molecular complexity index is 586. The molecule has 2 rings (SSSR count). The zero-order chi connectivity index (χ0) is 13.8. The minimum Gasteiger partial charge on any atom is -0.496 e. The number of ether oxygens (including phenoxy) is 1. The third kappa shape index (κ3) is 3.02. The van der Waals surface area contributed by atoms with E-state index in [1.54, 1.807) is 13.2 Å². The van der Waals surface area contributed by atoms with Gasteiger partial charge in [-0.3, -0.25) is 0 Å². The van der Waals surface area contributed by atoms with E-state index in [4.69, 9.17) is 16.3 Å². The summed E-state index contributed by atoms with van der Waals surface area (Å²) in [7, 11) is 1.64. The van der Waals surface area contributed by atoms with Crippen LogP contribution in [0.1, 0.15) is 5.56 Å². The number of nitrogens with zero attached hydrogens (tertiary/aromatic N) is 2. The predicted octanol–water partition coefficient (Wildman–Crippen LogP) is 1.41. The zero-order valence-electron chi connectivity index (χ0n) is 10.8. The van der Waals surface area contributed by atoms with Crippen molar-refractivity contribution in [2.24, 2.45) is 5.84 Å². The van der Waals surface area contributed by atoms with E-state index in [-0.39, 0.29) is 5.95 Å². The van der Waals surface area contributed by atoms with Crippen molar-refractivity contribution in [3.05, 3.63) is 29.8 Å². The fourth-order valence-corrected chi connectivity index (χ4v) is 1.71. The number of nitrogens with two attached hydrogens (primary N) is 2. The molecule has 7 heteroatoms. The fourth-order valence-electron chi connectivity index (χ4n) is 1.71. The second-order valence-corrected chi connectivity index (χ2v) is 3.95. The van der Waals surface area contributed by atoms with Gasteiger partial charge in [0.15, 0.2) is 0 Å². The molecule has 0 saturated carbocycles. The van der Waals surface area contributed by atoms with Crippen molar-refractivity contribution >= 4 is 23.3 Å². The Morgan fingerprint density at radius 3 is 2.53 bits per heavy atom. The highest BCUT2D eigenvalue weighted by Gasteiger charge is 2.04. The summed E-state index contributed by atoms with van der Waals surface area (Å²) in [5.41, 5.74) is 9.91. The maximum Gasteiger partial charge on any atom is 0.223 e. The van der Waals surface area contributed by atoms with Gasteiger partial charge in [-0.2, -0.15) is 9.97 Å². The summed E-state index contributed by atoms with van der Waals surface area (Å²) in [6.45, 7) is 1.96. The Morgan fingerprint density at radius 2 is 1.89 bits per heavy atom. The van der Waals surface area contributed by atoms with Crippen LogP contribution in [0.15, 0.2) is 24.3 Å². The summed E-state index contributed by atoms with van der Waals surface area (Å²) < 4.78 is 5.21. The van der Waals surface area contributed by atoms with Crippen molar-refractivity contribution in [2.45, 2.75) is 6.92 Å². The van der Waals surface area contributed by atoms with Crippen molar-refractivity contribution < 1.29 is 4.74 Å². The molecule has 1 aromatic carbocycles. The maximum atomic E-state index is 5.59. The number of methoxy groups -OCH3 is 1. The van der Waals surface area contributed by atoms with Crippen LogP contribution in [0.2, 0.25) is 0 Å². The van der Waals surface area contributed by atoms with Gasteiger partial charge in [0.05, 0.1) is 7.11 Å². The Labute approximate surface area is 111 Å². The molecule has 0 amide bonds. The standard InChI is InChI=1S/C12H16N6O/c1-7-5-8(3-4-9(7)19-2)15-10-6-11(18-14)17-12(13)16-10/h3-6H,14H2,1-2H3,(H4,13,15,16,17,18). The molecule has 7 nitrogen and oxygen atoms in total. The van der Waals surface area contributed by atoms with Crippen LogP contribution in [0.3, 0.4) is 0 Å². The van der Waals surface area contributed by atoms with Crippen LogP contribution in [0.5, 0.6) is 5.75 Å². The van der Waals surface area contributed by atoms with Gasteiger partial charge in [-0.15, -0.1) is 0 Å². The molecular weight excluding hydrogens is 244 g/mol. The van der Waals surface area contributed by atoms with Gasteiger partial charge in [-0.05, 0) is 30.7 Å². The Balaban J connectivity index is 2.25. The van der Waals surface area contributed by atoms with Gasteiger partial charge < -0.3 is 21.2 Å². The molecule has 100 valence electrons. The third-order valence-corrected chi connectivity index (χ3v) is 2.56. The first-order valence-electron chi connectivity index (χ1n) is 5.65. The number of anilines is 4. The third-order valence-electron chi connectivity index (χ3n) is 2.56. The molecule has 0 unspecified atom stereocenters. The molecule has 0 aliphatic heterocycles. The summed E-state index contributed by atoms with van der Waals surface area (Å²) in [5, 5.41) is 3.13. The molecule has 0 spiro atoms. The van der Waals surface area contributed by atoms with Crippen LogP contribution >= 0.6 is 0 Å². The smallest absolute Gasteiger partial charge is 0.223 e. The number of nitrogens with one attached hydrogen (secondary N) is 2. The lowest BCUT2D eigenvalue weighted by Crippen LogP contribution is -2.11. The fraction of sp³-hybridized carbons (Fsp3) is 0.167.